The van der Waals surface area contributed by atoms with Gasteiger partial charge in [0.25, 0.3) is 11.8 Å². The number of nitrogens with one attached hydrogen (secondary N) is 1. The van der Waals surface area contributed by atoms with Crippen molar-refractivity contribution in [3.63, 3.8) is 0 Å². The number of carbonyl (C=O) groups excluding carboxylic acids is 3. The van der Waals surface area contributed by atoms with E-state index < -0.39 is 11.8 Å². The Labute approximate surface area is 141 Å². The molecular formula is C19H22N2O3. The van der Waals surface area contributed by atoms with Crippen molar-refractivity contribution in [3.05, 3.63) is 47.0 Å². The van der Waals surface area contributed by atoms with Crippen LogP contribution in [0.25, 0.3) is 0 Å². The fourth-order valence-corrected chi connectivity index (χ4v) is 3.59. The highest BCUT2D eigenvalue weighted by molar-refractivity contribution is 6.21. The monoisotopic (exact) mass is 326 g/mol. The van der Waals surface area contributed by atoms with Crippen molar-refractivity contribution in [2.45, 2.75) is 33.6 Å². The van der Waals surface area contributed by atoms with Gasteiger partial charge >= 0.3 is 0 Å². The molecule has 3 amide bonds. The molecule has 2 aliphatic rings. The summed E-state index contributed by atoms with van der Waals surface area (Å²) in [5.74, 6) is -0.845. The molecule has 1 aromatic rings. The molecule has 1 aliphatic heterocycles. The van der Waals surface area contributed by atoms with Gasteiger partial charge in [0.05, 0.1) is 11.1 Å². The van der Waals surface area contributed by atoms with Gasteiger partial charge in [-0.25, -0.2) is 0 Å². The van der Waals surface area contributed by atoms with Crippen molar-refractivity contribution in [2.24, 2.45) is 17.8 Å². The van der Waals surface area contributed by atoms with Crippen LogP contribution in [0.2, 0.25) is 0 Å². The van der Waals surface area contributed by atoms with Crippen LogP contribution in [0.4, 0.5) is 0 Å². The van der Waals surface area contributed by atoms with Crippen molar-refractivity contribution < 1.29 is 14.4 Å². The molecule has 126 valence electrons. The SMILES string of the molecule is CC1=CCC(C(=O)NN2C(=O)c3ccccc3C2=O)C(C(C)C)C1. The molecule has 3 rings (SSSR count). The second-order valence-corrected chi connectivity index (χ2v) is 6.97. The summed E-state index contributed by atoms with van der Waals surface area (Å²) >= 11 is 0. The smallest absolute Gasteiger partial charge is 0.273 e. The largest absolute Gasteiger partial charge is 0.280 e. The van der Waals surface area contributed by atoms with Gasteiger partial charge in [-0.3, -0.25) is 19.8 Å². The van der Waals surface area contributed by atoms with Crippen LogP contribution >= 0.6 is 0 Å². The lowest BCUT2D eigenvalue weighted by Crippen LogP contribution is -2.50. The van der Waals surface area contributed by atoms with Gasteiger partial charge in [-0.15, -0.1) is 0 Å². The lowest BCUT2D eigenvalue weighted by Gasteiger charge is -2.33. The maximum atomic E-state index is 12.7. The van der Waals surface area contributed by atoms with Crippen LogP contribution in [0.15, 0.2) is 35.9 Å². The molecule has 2 atom stereocenters. The van der Waals surface area contributed by atoms with E-state index in [0.717, 1.165) is 11.4 Å². The molecule has 0 fully saturated rings. The molecule has 0 saturated heterocycles. The number of hydrogen-bond donors (Lipinski definition) is 1. The van der Waals surface area contributed by atoms with E-state index >= 15 is 0 Å². The van der Waals surface area contributed by atoms with Gasteiger partial charge in [0.1, 0.15) is 0 Å². The molecular weight excluding hydrogens is 304 g/mol. The zero-order chi connectivity index (χ0) is 17.4. The Morgan fingerprint density at radius 1 is 1.17 bits per heavy atom. The van der Waals surface area contributed by atoms with Gasteiger partial charge in [0.2, 0.25) is 5.91 Å². The number of carbonyl (C=O) groups is 3. The number of hydrogen-bond acceptors (Lipinski definition) is 3. The topological polar surface area (TPSA) is 66.5 Å². The van der Waals surface area contributed by atoms with E-state index in [2.05, 4.69) is 32.3 Å². The Hall–Kier alpha value is -2.43. The summed E-state index contributed by atoms with van der Waals surface area (Å²) in [5.41, 5.74) is 4.52. The molecule has 0 spiro atoms. The second-order valence-electron chi connectivity index (χ2n) is 6.97. The molecule has 1 aromatic carbocycles. The van der Waals surface area contributed by atoms with Crippen molar-refractivity contribution >= 4 is 17.7 Å². The van der Waals surface area contributed by atoms with E-state index in [1.54, 1.807) is 24.3 Å². The van der Waals surface area contributed by atoms with Crippen LogP contribution in [0.1, 0.15) is 54.3 Å². The Bertz CT molecular complexity index is 701. The summed E-state index contributed by atoms with van der Waals surface area (Å²) in [6.07, 6.45) is 3.59. The summed E-state index contributed by atoms with van der Waals surface area (Å²) in [6, 6.07) is 6.62. The van der Waals surface area contributed by atoms with Gasteiger partial charge in [-0.05, 0) is 43.7 Å². The van der Waals surface area contributed by atoms with Crippen LogP contribution < -0.4 is 5.43 Å². The maximum Gasteiger partial charge on any atom is 0.280 e. The highest BCUT2D eigenvalue weighted by atomic mass is 16.2. The number of allylic oxidation sites excluding steroid dienone is 2. The minimum atomic E-state index is -0.465. The molecule has 5 nitrogen and oxygen atoms in total. The summed E-state index contributed by atoms with van der Waals surface area (Å²) in [6.45, 7) is 6.28. The minimum absolute atomic E-state index is 0.213. The van der Waals surface area contributed by atoms with Gasteiger partial charge in [-0.1, -0.05) is 37.6 Å². The molecule has 1 heterocycles. The normalized spacial score (nSPS) is 23.3. The Morgan fingerprint density at radius 3 is 2.29 bits per heavy atom. The van der Waals surface area contributed by atoms with Crippen molar-refractivity contribution in [1.29, 1.82) is 0 Å². The quantitative estimate of drug-likeness (QED) is 0.686. The number of benzene rings is 1. The first-order valence-corrected chi connectivity index (χ1v) is 8.34. The van der Waals surface area contributed by atoms with Crippen LogP contribution in [0.5, 0.6) is 0 Å². The lowest BCUT2D eigenvalue weighted by molar-refractivity contribution is -0.130. The second kappa shape index (κ2) is 6.23. The van der Waals surface area contributed by atoms with Crippen LogP contribution in [-0.2, 0) is 4.79 Å². The van der Waals surface area contributed by atoms with Crippen LogP contribution in [0, 0.1) is 17.8 Å². The zero-order valence-electron chi connectivity index (χ0n) is 14.2. The number of amides is 3. The molecule has 24 heavy (non-hydrogen) atoms. The van der Waals surface area contributed by atoms with Gasteiger partial charge in [-0.2, -0.15) is 5.01 Å². The first kappa shape index (κ1) is 16.4. The third kappa shape index (κ3) is 2.75. The summed E-state index contributed by atoms with van der Waals surface area (Å²) in [5, 5.41) is 0.857. The van der Waals surface area contributed by atoms with Gasteiger partial charge in [0.15, 0.2) is 0 Å². The maximum absolute atomic E-state index is 12.7. The summed E-state index contributed by atoms with van der Waals surface area (Å²) in [4.78, 5) is 37.5. The lowest BCUT2D eigenvalue weighted by atomic mass is 9.74. The van der Waals surface area contributed by atoms with E-state index in [-0.39, 0.29) is 17.7 Å². The number of nitrogens with zero attached hydrogens (tertiary/aromatic N) is 1. The van der Waals surface area contributed by atoms with E-state index in [1.807, 2.05) is 0 Å². The highest BCUT2D eigenvalue weighted by Crippen LogP contribution is 2.35. The van der Waals surface area contributed by atoms with E-state index in [1.165, 1.54) is 5.57 Å². The Morgan fingerprint density at radius 2 is 1.75 bits per heavy atom. The van der Waals surface area contributed by atoms with E-state index in [9.17, 15) is 14.4 Å². The van der Waals surface area contributed by atoms with E-state index in [4.69, 9.17) is 0 Å². The number of imide groups is 1. The average molecular weight is 326 g/mol. The molecule has 5 heteroatoms. The first-order chi connectivity index (χ1) is 11.4. The third-order valence-electron chi connectivity index (χ3n) is 5.00. The van der Waals surface area contributed by atoms with Crippen molar-refractivity contribution in [2.75, 3.05) is 0 Å². The van der Waals surface area contributed by atoms with E-state index in [0.29, 0.717) is 23.5 Å². The summed E-state index contributed by atoms with van der Waals surface area (Å²) in [7, 11) is 0. The molecule has 2 unspecified atom stereocenters. The van der Waals surface area contributed by atoms with Gasteiger partial charge in [0, 0.05) is 5.92 Å². The molecule has 1 aliphatic carbocycles. The third-order valence-corrected chi connectivity index (χ3v) is 5.00. The average Bonchev–Trinajstić information content (AvgIpc) is 2.80. The molecule has 0 radical (unpaired) electrons. The fourth-order valence-electron chi connectivity index (χ4n) is 3.59. The standard InChI is InChI=1S/C19H22N2O3/c1-11(2)16-10-12(3)8-9-13(16)17(22)20-21-18(23)14-6-4-5-7-15(14)19(21)24/h4-8,11,13,16H,9-10H2,1-3H3,(H,20,22). The Balaban J connectivity index is 1.78. The van der Waals surface area contributed by atoms with Gasteiger partial charge < -0.3 is 0 Å². The predicted octanol–water partition coefficient (Wildman–Crippen LogP) is 2.94. The molecule has 0 bridgehead atoms. The minimum Gasteiger partial charge on any atom is -0.273 e. The van der Waals surface area contributed by atoms with Crippen LogP contribution in [-0.4, -0.2) is 22.7 Å². The zero-order valence-corrected chi connectivity index (χ0v) is 14.2. The number of hydrazine groups is 1. The number of fused-ring (bicyclic) bond motifs is 1. The first-order valence-electron chi connectivity index (χ1n) is 8.34. The van der Waals surface area contributed by atoms with Crippen molar-refractivity contribution in [3.8, 4) is 0 Å². The Kier molecular flexibility index (Phi) is 4.26. The number of rotatable bonds is 3. The molecule has 1 N–H and O–H groups in total. The summed E-state index contributed by atoms with van der Waals surface area (Å²) < 4.78 is 0. The molecule has 0 saturated carbocycles. The molecule has 0 aromatic heterocycles. The fraction of sp³-hybridized carbons (Fsp3) is 0.421. The highest BCUT2D eigenvalue weighted by Gasteiger charge is 2.39. The predicted molar refractivity (Wildman–Crippen MR) is 89.9 cm³/mol. The van der Waals surface area contributed by atoms with Crippen molar-refractivity contribution in [1.82, 2.24) is 10.4 Å². The van der Waals surface area contributed by atoms with Crippen LogP contribution in [0.3, 0.4) is 0 Å².